The molecule has 1 saturated heterocycles. The van der Waals surface area contributed by atoms with Gasteiger partial charge in [0.1, 0.15) is 18.1 Å². The molecule has 31 heavy (non-hydrogen) atoms. The lowest BCUT2D eigenvalue weighted by Gasteiger charge is -2.30. The van der Waals surface area contributed by atoms with E-state index in [0.717, 1.165) is 49.2 Å². The maximum absolute atomic E-state index is 13.0. The van der Waals surface area contributed by atoms with Crippen molar-refractivity contribution in [3.63, 3.8) is 0 Å². The van der Waals surface area contributed by atoms with Gasteiger partial charge in [-0.25, -0.2) is 4.98 Å². The van der Waals surface area contributed by atoms with Crippen molar-refractivity contribution in [1.82, 2.24) is 24.8 Å². The molecule has 1 aliphatic heterocycles. The third kappa shape index (κ3) is 5.10. The van der Waals surface area contributed by atoms with Gasteiger partial charge < -0.3 is 14.8 Å². The Kier molecular flexibility index (Phi) is 6.60. The SMILES string of the molecule is CC1CCN(C(=O)Cn2c(CCCNC(=O)c3ccccn3)nc3ccccc32)CC1. The molecule has 162 valence electrons. The molecule has 3 aromatic rings. The molecule has 0 saturated carbocycles. The largest absolute Gasteiger partial charge is 0.351 e. The van der Waals surface area contributed by atoms with Crippen molar-refractivity contribution < 1.29 is 9.59 Å². The summed E-state index contributed by atoms with van der Waals surface area (Å²) in [5.74, 6) is 1.55. The van der Waals surface area contributed by atoms with E-state index in [4.69, 9.17) is 4.98 Å². The highest BCUT2D eigenvalue weighted by Crippen LogP contribution is 2.20. The van der Waals surface area contributed by atoms with Gasteiger partial charge in [-0.05, 0) is 49.4 Å². The van der Waals surface area contributed by atoms with Crippen LogP contribution in [0.5, 0.6) is 0 Å². The van der Waals surface area contributed by atoms with Crippen LogP contribution < -0.4 is 5.32 Å². The summed E-state index contributed by atoms with van der Waals surface area (Å²) in [5.41, 5.74) is 2.29. The summed E-state index contributed by atoms with van der Waals surface area (Å²) in [6.07, 6.45) is 5.16. The Hall–Kier alpha value is -3.22. The van der Waals surface area contributed by atoms with Crippen LogP contribution in [0.3, 0.4) is 0 Å². The standard InChI is InChI=1S/C24H29N5O2/c1-18-11-15-28(16-12-18)23(30)17-29-21-9-3-2-7-19(21)27-22(29)10-6-14-26-24(31)20-8-4-5-13-25-20/h2-5,7-9,13,18H,6,10-12,14-17H2,1H3,(H,26,31). The number of imidazole rings is 1. The fourth-order valence-electron chi connectivity index (χ4n) is 4.02. The summed E-state index contributed by atoms with van der Waals surface area (Å²) in [5, 5.41) is 2.91. The molecule has 0 bridgehead atoms. The van der Waals surface area contributed by atoms with Crippen LogP contribution in [0.15, 0.2) is 48.7 Å². The molecule has 0 radical (unpaired) electrons. The minimum absolute atomic E-state index is 0.153. The van der Waals surface area contributed by atoms with E-state index in [2.05, 4.69) is 17.2 Å². The summed E-state index contributed by atoms with van der Waals surface area (Å²) < 4.78 is 2.04. The molecular formula is C24H29N5O2. The zero-order valence-corrected chi connectivity index (χ0v) is 18.0. The molecule has 1 fully saturated rings. The Morgan fingerprint density at radius 2 is 1.87 bits per heavy atom. The lowest BCUT2D eigenvalue weighted by atomic mass is 9.99. The third-order valence-electron chi connectivity index (χ3n) is 5.92. The number of amides is 2. The molecule has 7 nitrogen and oxygen atoms in total. The molecule has 2 aromatic heterocycles. The number of benzene rings is 1. The first-order chi connectivity index (χ1) is 15.1. The Labute approximate surface area is 182 Å². The number of fused-ring (bicyclic) bond motifs is 1. The molecule has 1 N–H and O–H groups in total. The van der Waals surface area contributed by atoms with Crippen LogP contribution in [-0.2, 0) is 17.8 Å². The van der Waals surface area contributed by atoms with Gasteiger partial charge >= 0.3 is 0 Å². The normalized spacial score (nSPS) is 14.7. The van der Waals surface area contributed by atoms with Crippen LogP contribution >= 0.6 is 0 Å². The molecule has 3 heterocycles. The number of likely N-dealkylation sites (tertiary alicyclic amines) is 1. The number of nitrogens with zero attached hydrogens (tertiary/aromatic N) is 4. The molecule has 7 heteroatoms. The Morgan fingerprint density at radius 3 is 2.65 bits per heavy atom. The van der Waals surface area contributed by atoms with E-state index in [-0.39, 0.29) is 11.8 Å². The van der Waals surface area contributed by atoms with Crippen molar-refractivity contribution in [2.24, 2.45) is 5.92 Å². The van der Waals surface area contributed by atoms with Gasteiger partial charge in [-0.3, -0.25) is 14.6 Å². The van der Waals surface area contributed by atoms with Crippen LogP contribution in [0.25, 0.3) is 11.0 Å². The number of carbonyl (C=O) groups excluding carboxylic acids is 2. The first kappa shape index (κ1) is 21.0. The average molecular weight is 420 g/mol. The molecule has 0 aliphatic carbocycles. The van der Waals surface area contributed by atoms with Crippen LogP contribution in [-0.4, -0.2) is 50.9 Å². The third-order valence-corrected chi connectivity index (χ3v) is 5.92. The summed E-state index contributed by atoms with van der Waals surface area (Å²) >= 11 is 0. The van der Waals surface area contributed by atoms with Crippen molar-refractivity contribution in [2.75, 3.05) is 19.6 Å². The average Bonchev–Trinajstić information content (AvgIpc) is 3.15. The number of carbonyl (C=O) groups is 2. The number of piperidine rings is 1. The van der Waals surface area contributed by atoms with E-state index in [9.17, 15) is 9.59 Å². The predicted octanol–water partition coefficient (Wildman–Crippen LogP) is 3.05. The number of rotatable bonds is 7. The number of nitrogens with one attached hydrogen (secondary N) is 1. The molecule has 1 aliphatic rings. The highest BCUT2D eigenvalue weighted by molar-refractivity contribution is 5.92. The predicted molar refractivity (Wildman–Crippen MR) is 120 cm³/mol. The monoisotopic (exact) mass is 419 g/mol. The number of aromatic nitrogens is 3. The van der Waals surface area contributed by atoms with E-state index in [1.165, 1.54) is 0 Å². The zero-order valence-electron chi connectivity index (χ0n) is 18.0. The van der Waals surface area contributed by atoms with E-state index >= 15 is 0 Å². The summed E-state index contributed by atoms with van der Waals surface area (Å²) in [4.78, 5) is 35.9. The summed E-state index contributed by atoms with van der Waals surface area (Å²) in [7, 11) is 0. The van der Waals surface area contributed by atoms with Gasteiger partial charge in [-0.15, -0.1) is 0 Å². The molecule has 0 atom stereocenters. The van der Waals surface area contributed by atoms with Crippen LogP contribution in [0.1, 0.15) is 42.5 Å². The second kappa shape index (κ2) is 9.73. The van der Waals surface area contributed by atoms with Crippen molar-refractivity contribution in [1.29, 1.82) is 0 Å². The number of pyridine rings is 1. The van der Waals surface area contributed by atoms with Gasteiger partial charge in [0.05, 0.1) is 11.0 Å². The molecular weight excluding hydrogens is 390 g/mol. The van der Waals surface area contributed by atoms with Crippen LogP contribution in [0, 0.1) is 5.92 Å². The molecule has 4 rings (SSSR count). The second-order valence-electron chi connectivity index (χ2n) is 8.24. The van der Waals surface area contributed by atoms with Gasteiger partial charge in [0.25, 0.3) is 5.91 Å². The number of hydrogen-bond acceptors (Lipinski definition) is 4. The zero-order chi connectivity index (χ0) is 21.6. The minimum Gasteiger partial charge on any atom is -0.351 e. The molecule has 2 amide bonds. The quantitative estimate of drug-likeness (QED) is 0.597. The van der Waals surface area contributed by atoms with E-state index in [0.29, 0.717) is 31.1 Å². The van der Waals surface area contributed by atoms with E-state index in [1.807, 2.05) is 33.7 Å². The lowest BCUT2D eigenvalue weighted by Crippen LogP contribution is -2.40. The molecule has 0 unspecified atom stereocenters. The second-order valence-corrected chi connectivity index (χ2v) is 8.24. The highest BCUT2D eigenvalue weighted by Gasteiger charge is 2.22. The molecule has 1 aromatic carbocycles. The number of aryl methyl sites for hydroxylation is 1. The minimum atomic E-state index is -0.177. The Morgan fingerprint density at radius 1 is 1.10 bits per heavy atom. The highest BCUT2D eigenvalue weighted by atomic mass is 16.2. The maximum Gasteiger partial charge on any atom is 0.269 e. The van der Waals surface area contributed by atoms with Gasteiger partial charge in [0.15, 0.2) is 0 Å². The summed E-state index contributed by atoms with van der Waals surface area (Å²) in [6.45, 7) is 4.75. The van der Waals surface area contributed by atoms with Gasteiger partial charge in [-0.1, -0.05) is 25.1 Å². The van der Waals surface area contributed by atoms with Crippen molar-refractivity contribution in [3.8, 4) is 0 Å². The fourth-order valence-corrected chi connectivity index (χ4v) is 4.02. The van der Waals surface area contributed by atoms with E-state index in [1.54, 1.807) is 24.4 Å². The Bertz CT molecular complexity index is 1040. The smallest absolute Gasteiger partial charge is 0.269 e. The first-order valence-electron chi connectivity index (χ1n) is 11.0. The summed E-state index contributed by atoms with van der Waals surface area (Å²) in [6, 6.07) is 13.2. The van der Waals surface area contributed by atoms with Crippen molar-refractivity contribution >= 4 is 22.8 Å². The van der Waals surface area contributed by atoms with Crippen LogP contribution in [0.4, 0.5) is 0 Å². The number of hydrogen-bond donors (Lipinski definition) is 1. The van der Waals surface area contributed by atoms with Gasteiger partial charge in [-0.2, -0.15) is 0 Å². The van der Waals surface area contributed by atoms with Crippen LogP contribution in [0.2, 0.25) is 0 Å². The van der Waals surface area contributed by atoms with Gasteiger partial charge in [0, 0.05) is 32.3 Å². The Balaban J connectivity index is 1.40. The van der Waals surface area contributed by atoms with Gasteiger partial charge in [0.2, 0.25) is 5.91 Å². The van der Waals surface area contributed by atoms with E-state index < -0.39 is 0 Å². The lowest BCUT2D eigenvalue weighted by molar-refractivity contribution is -0.133. The number of para-hydroxylation sites is 2. The van der Waals surface area contributed by atoms with Crippen molar-refractivity contribution in [2.45, 2.75) is 39.2 Å². The molecule has 0 spiro atoms. The fraction of sp³-hybridized carbons (Fsp3) is 0.417. The first-order valence-corrected chi connectivity index (χ1v) is 11.0. The maximum atomic E-state index is 13.0. The van der Waals surface area contributed by atoms with Crippen molar-refractivity contribution in [3.05, 3.63) is 60.2 Å². The topological polar surface area (TPSA) is 80.1 Å².